The number of hydrogen-bond donors (Lipinski definition) is 0. The first-order valence-electron chi connectivity index (χ1n) is 3.72. The predicted molar refractivity (Wildman–Crippen MR) is 46.8 cm³/mol. The van der Waals surface area contributed by atoms with Gasteiger partial charge in [-0.2, -0.15) is 4.21 Å². The Morgan fingerprint density at radius 2 is 2.15 bits per heavy atom. The van der Waals surface area contributed by atoms with Crippen LogP contribution in [0.2, 0.25) is 0 Å². The summed E-state index contributed by atoms with van der Waals surface area (Å²) in [5.41, 5.74) is 0. The lowest BCUT2D eigenvalue weighted by molar-refractivity contribution is 0.325. The van der Waals surface area contributed by atoms with Crippen molar-refractivity contribution in [3.63, 3.8) is 0 Å². The molecule has 0 amide bonds. The van der Waals surface area contributed by atoms with Crippen molar-refractivity contribution in [1.29, 1.82) is 0 Å². The Bertz CT molecular complexity index is 303. The van der Waals surface area contributed by atoms with E-state index in [1.807, 2.05) is 0 Å². The number of halogens is 1. The van der Waals surface area contributed by atoms with Gasteiger partial charge in [-0.05, 0) is 19.1 Å². The molecule has 0 bridgehead atoms. The molecule has 0 saturated carbocycles. The van der Waals surface area contributed by atoms with E-state index in [9.17, 15) is 8.60 Å². The van der Waals surface area contributed by atoms with Gasteiger partial charge in [0.05, 0.1) is 6.61 Å². The van der Waals surface area contributed by atoms with Crippen molar-refractivity contribution < 1.29 is 17.0 Å². The van der Waals surface area contributed by atoms with Gasteiger partial charge in [0.2, 0.25) is 0 Å². The maximum absolute atomic E-state index is 12.9. The third-order valence-corrected chi connectivity index (χ3v) is 1.95. The summed E-state index contributed by atoms with van der Waals surface area (Å²) in [5.74, 6) is -0.634. The minimum Gasteiger partial charge on any atom is -0.377 e. The number of para-hydroxylation sites is 1. The second-order valence-corrected chi connectivity index (χ2v) is 2.94. The molecule has 0 aliphatic carbocycles. The first kappa shape index (κ1) is 10.1. The van der Waals surface area contributed by atoms with Gasteiger partial charge >= 0.3 is 11.4 Å². The maximum Gasteiger partial charge on any atom is 0.360 e. The average Bonchev–Trinajstić information content (AvgIpc) is 2.09. The molecular weight excluding hydrogens is 195 g/mol. The molecule has 0 spiro atoms. The largest absolute Gasteiger partial charge is 0.377 e. The molecule has 5 heteroatoms. The Morgan fingerprint density at radius 1 is 1.46 bits per heavy atom. The summed E-state index contributed by atoms with van der Waals surface area (Å²) in [7, 11) is 0. The van der Waals surface area contributed by atoms with Crippen molar-refractivity contribution in [3.05, 3.63) is 30.1 Å². The minimum absolute atomic E-state index is 0.0747. The molecule has 1 aromatic carbocycles. The molecule has 13 heavy (non-hydrogen) atoms. The van der Waals surface area contributed by atoms with Gasteiger partial charge in [-0.15, -0.1) is 0 Å². The first-order chi connectivity index (χ1) is 6.24. The molecular formula is C8H9FO3S. The van der Waals surface area contributed by atoms with E-state index in [4.69, 9.17) is 0 Å². The van der Waals surface area contributed by atoms with Crippen LogP contribution in [-0.2, 0) is 15.5 Å². The zero-order chi connectivity index (χ0) is 9.68. The van der Waals surface area contributed by atoms with Crippen molar-refractivity contribution in [3.8, 4) is 5.75 Å². The summed E-state index contributed by atoms with van der Waals surface area (Å²) in [5, 5.41) is 0. The molecule has 1 aromatic rings. The zero-order valence-corrected chi connectivity index (χ0v) is 7.84. The van der Waals surface area contributed by atoms with Gasteiger partial charge in [-0.1, -0.05) is 12.1 Å². The van der Waals surface area contributed by atoms with Gasteiger partial charge in [0, 0.05) is 0 Å². The third kappa shape index (κ3) is 3.12. The van der Waals surface area contributed by atoms with Gasteiger partial charge in [0.25, 0.3) is 0 Å². The van der Waals surface area contributed by atoms with Crippen LogP contribution in [0.3, 0.4) is 0 Å². The topological polar surface area (TPSA) is 35.5 Å². The van der Waals surface area contributed by atoms with Crippen molar-refractivity contribution in [2.75, 3.05) is 6.61 Å². The van der Waals surface area contributed by atoms with E-state index in [0.29, 0.717) is 0 Å². The maximum atomic E-state index is 12.9. The van der Waals surface area contributed by atoms with Crippen molar-refractivity contribution >= 4 is 11.4 Å². The summed E-state index contributed by atoms with van der Waals surface area (Å²) in [6.45, 7) is 1.92. The minimum atomic E-state index is -1.92. The quantitative estimate of drug-likeness (QED) is 0.750. The predicted octanol–water partition coefficient (Wildman–Crippen LogP) is 1.82. The molecule has 0 aliphatic rings. The Hall–Kier alpha value is -0.940. The van der Waals surface area contributed by atoms with Gasteiger partial charge in [0.1, 0.15) is 0 Å². The smallest absolute Gasteiger partial charge is 0.360 e. The van der Waals surface area contributed by atoms with Crippen LogP contribution >= 0.6 is 0 Å². The molecule has 0 saturated heterocycles. The summed E-state index contributed by atoms with van der Waals surface area (Å²) >= 11 is -1.92. The van der Waals surface area contributed by atoms with Crippen LogP contribution in [0.25, 0.3) is 0 Å². The average molecular weight is 204 g/mol. The summed E-state index contributed by atoms with van der Waals surface area (Å²) in [6.07, 6.45) is 0. The molecule has 0 fully saturated rings. The van der Waals surface area contributed by atoms with E-state index in [0.717, 1.165) is 0 Å². The Labute approximate surface area is 78.3 Å². The van der Waals surface area contributed by atoms with E-state index >= 15 is 0 Å². The van der Waals surface area contributed by atoms with Crippen LogP contribution in [0.1, 0.15) is 6.92 Å². The molecule has 0 aromatic heterocycles. The highest BCUT2D eigenvalue weighted by Gasteiger charge is 2.06. The fourth-order valence-corrected chi connectivity index (χ4v) is 1.23. The van der Waals surface area contributed by atoms with Crippen LogP contribution in [0.5, 0.6) is 5.75 Å². The SMILES string of the molecule is CCOS(=O)Oc1ccccc1F. The molecule has 0 N–H and O–H groups in total. The standard InChI is InChI=1S/C8H9FO3S/c1-2-11-13(10)12-8-6-4-3-5-7(8)9/h3-6H,2H2,1H3. The number of rotatable bonds is 4. The summed E-state index contributed by atoms with van der Waals surface area (Å²) in [4.78, 5) is 0. The monoisotopic (exact) mass is 204 g/mol. The van der Waals surface area contributed by atoms with E-state index in [1.165, 1.54) is 18.2 Å². The van der Waals surface area contributed by atoms with Crippen LogP contribution in [-0.4, -0.2) is 10.8 Å². The van der Waals surface area contributed by atoms with Gasteiger partial charge in [-0.25, -0.2) is 4.39 Å². The highest BCUT2D eigenvalue weighted by molar-refractivity contribution is 7.75. The molecule has 1 rings (SSSR count). The molecule has 72 valence electrons. The Kier molecular flexibility index (Phi) is 3.85. The van der Waals surface area contributed by atoms with Crippen molar-refractivity contribution in [2.45, 2.75) is 6.92 Å². The van der Waals surface area contributed by atoms with Crippen LogP contribution in [0.4, 0.5) is 4.39 Å². The lowest BCUT2D eigenvalue weighted by Gasteiger charge is -2.03. The van der Waals surface area contributed by atoms with Gasteiger partial charge in [-0.3, -0.25) is 4.18 Å². The van der Waals surface area contributed by atoms with Crippen molar-refractivity contribution in [1.82, 2.24) is 0 Å². The molecule has 1 unspecified atom stereocenters. The highest BCUT2D eigenvalue weighted by Crippen LogP contribution is 2.16. The Balaban J connectivity index is 2.63. The van der Waals surface area contributed by atoms with Crippen LogP contribution in [0.15, 0.2) is 24.3 Å². The fourth-order valence-electron chi connectivity index (χ4n) is 0.706. The normalized spacial score (nSPS) is 12.5. The molecule has 0 radical (unpaired) electrons. The fraction of sp³-hybridized carbons (Fsp3) is 0.250. The number of benzene rings is 1. The summed E-state index contributed by atoms with van der Waals surface area (Å²) < 4.78 is 33.0. The van der Waals surface area contributed by atoms with E-state index in [-0.39, 0.29) is 12.4 Å². The van der Waals surface area contributed by atoms with Crippen LogP contribution in [0, 0.1) is 5.82 Å². The van der Waals surface area contributed by atoms with E-state index in [1.54, 1.807) is 13.0 Å². The first-order valence-corrected chi connectivity index (χ1v) is 4.72. The lowest BCUT2D eigenvalue weighted by atomic mass is 10.3. The molecule has 0 heterocycles. The molecule has 3 nitrogen and oxygen atoms in total. The highest BCUT2D eigenvalue weighted by atomic mass is 32.2. The van der Waals surface area contributed by atoms with E-state index < -0.39 is 17.2 Å². The lowest BCUT2D eigenvalue weighted by Crippen LogP contribution is -2.05. The van der Waals surface area contributed by atoms with Crippen LogP contribution < -0.4 is 4.18 Å². The summed E-state index contributed by atoms with van der Waals surface area (Å²) in [6, 6.07) is 5.71. The second kappa shape index (κ2) is 4.94. The zero-order valence-electron chi connectivity index (χ0n) is 7.03. The van der Waals surface area contributed by atoms with Gasteiger partial charge in [0.15, 0.2) is 11.6 Å². The van der Waals surface area contributed by atoms with Gasteiger partial charge < -0.3 is 4.18 Å². The van der Waals surface area contributed by atoms with E-state index in [2.05, 4.69) is 8.37 Å². The van der Waals surface area contributed by atoms with Crippen molar-refractivity contribution in [2.24, 2.45) is 0 Å². The molecule has 0 aliphatic heterocycles. The number of hydrogen-bond acceptors (Lipinski definition) is 3. The second-order valence-electron chi connectivity index (χ2n) is 2.12. The third-order valence-electron chi connectivity index (χ3n) is 1.21. The Morgan fingerprint density at radius 3 is 2.77 bits per heavy atom. The molecule has 1 atom stereocenters.